The van der Waals surface area contributed by atoms with E-state index in [9.17, 15) is 13.6 Å². The van der Waals surface area contributed by atoms with Gasteiger partial charge in [0.05, 0.1) is 5.56 Å². The molecule has 0 spiro atoms. The molecule has 0 fully saturated rings. The first-order valence-corrected chi connectivity index (χ1v) is 5.45. The average molecular weight is 278 g/mol. The van der Waals surface area contributed by atoms with Gasteiger partial charge < -0.3 is 4.90 Å². The number of carbonyl (C=O) groups excluding carboxylic acids is 1. The van der Waals surface area contributed by atoms with Crippen LogP contribution in [0.25, 0.3) is 0 Å². The monoisotopic (exact) mass is 277 g/mol. The van der Waals surface area contributed by atoms with Crippen LogP contribution in [0.3, 0.4) is 0 Å². The summed E-state index contributed by atoms with van der Waals surface area (Å²) in [5, 5.41) is 0.589. The van der Waals surface area contributed by atoms with Crippen molar-refractivity contribution in [1.29, 1.82) is 0 Å². The number of benzene rings is 1. The van der Waals surface area contributed by atoms with Crippen LogP contribution >= 0.6 is 15.9 Å². The smallest absolute Gasteiger partial charge is 0.256 e. The first-order chi connectivity index (χ1) is 7.06. The Morgan fingerprint density at radius 2 is 2.13 bits per heavy atom. The van der Waals surface area contributed by atoms with Crippen molar-refractivity contribution in [1.82, 2.24) is 4.90 Å². The van der Waals surface area contributed by atoms with E-state index in [2.05, 4.69) is 15.9 Å². The lowest BCUT2D eigenvalue weighted by atomic mass is 10.2. The Labute approximate surface area is 95.0 Å². The Morgan fingerprint density at radius 1 is 1.47 bits per heavy atom. The van der Waals surface area contributed by atoms with E-state index in [0.29, 0.717) is 11.9 Å². The highest BCUT2D eigenvalue weighted by Crippen LogP contribution is 2.11. The van der Waals surface area contributed by atoms with Crippen molar-refractivity contribution >= 4 is 21.8 Å². The van der Waals surface area contributed by atoms with Crippen LogP contribution in [-0.4, -0.2) is 29.7 Å². The molecule has 0 unspecified atom stereocenters. The second-order valence-electron chi connectivity index (χ2n) is 3.04. The average Bonchev–Trinajstić information content (AvgIpc) is 2.21. The molecule has 0 atom stereocenters. The number of amides is 1. The van der Waals surface area contributed by atoms with E-state index in [0.717, 1.165) is 18.2 Å². The SMILES string of the molecule is CN(CCBr)C(=O)c1cc(F)ccc1F. The third-order valence-corrected chi connectivity index (χ3v) is 2.28. The summed E-state index contributed by atoms with van der Waals surface area (Å²) in [6.07, 6.45) is 0. The summed E-state index contributed by atoms with van der Waals surface area (Å²) in [6.45, 7) is 0.439. The zero-order valence-corrected chi connectivity index (χ0v) is 9.72. The highest BCUT2D eigenvalue weighted by molar-refractivity contribution is 9.09. The van der Waals surface area contributed by atoms with Crippen LogP contribution < -0.4 is 0 Å². The largest absolute Gasteiger partial charge is 0.341 e. The molecule has 5 heteroatoms. The van der Waals surface area contributed by atoms with Gasteiger partial charge >= 0.3 is 0 Å². The van der Waals surface area contributed by atoms with Crippen molar-refractivity contribution in [3.63, 3.8) is 0 Å². The predicted molar refractivity (Wildman–Crippen MR) is 57.1 cm³/mol. The van der Waals surface area contributed by atoms with Crippen molar-refractivity contribution < 1.29 is 13.6 Å². The summed E-state index contributed by atoms with van der Waals surface area (Å²) in [5.41, 5.74) is -0.238. The van der Waals surface area contributed by atoms with Gasteiger partial charge in [-0.25, -0.2) is 8.78 Å². The second kappa shape index (κ2) is 5.21. The van der Waals surface area contributed by atoms with Crippen LogP contribution in [-0.2, 0) is 0 Å². The van der Waals surface area contributed by atoms with E-state index in [1.54, 1.807) is 0 Å². The minimum absolute atomic E-state index is 0.238. The van der Waals surface area contributed by atoms with Gasteiger partial charge in [0.2, 0.25) is 0 Å². The molecule has 1 aromatic rings. The van der Waals surface area contributed by atoms with E-state index >= 15 is 0 Å². The van der Waals surface area contributed by atoms with Crippen molar-refractivity contribution in [2.75, 3.05) is 18.9 Å². The highest BCUT2D eigenvalue weighted by Gasteiger charge is 2.16. The molecule has 1 amide bonds. The van der Waals surface area contributed by atoms with Gasteiger partial charge in [0.1, 0.15) is 11.6 Å². The van der Waals surface area contributed by atoms with E-state index in [1.807, 2.05) is 0 Å². The number of halogens is 3. The molecule has 0 aromatic heterocycles. The molecule has 0 radical (unpaired) electrons. The lowest BCUT2D eigenvalue weighted by molar-refractivity contribution is 0.0799. The highest BCUT2D eigenvalue weighted by atomic mass is 79.9. The summed E-state index contributed by atoms with van der Waals surface area (Å²) < 4.78 is 26.0. The summed E-state index contributed by atoms with van der Waals surface area (Å²) in [4.78, 5) is 12.9. The number of carbonyl (C=O) groups is 1. The number of rotatable bonds is 3. The summed E-state index contributed by atoms with van der Waals surface area (Å²) >= 11 is 3.16. The summed E-state index contributed by atoms with van der Waals surface area (Å²) in [6, 6.07) is 2.84. The molecule has 0 aliphatic carbocycles. The van der Waals surface area contributed by atoms with Gasteiger partial charge in [-0.1, -0.05) is 15.9 Å². The van der Waals surface area contributed by atoms with E-state index in [-0.39, 0.29) is 5.56 Å². The maximum Gasteiger partial charge on any atom is 0.256 e. The first-order valence-electron chi connectivity index (χ1n) is 4.32. The Hall–Kier alpha value is -0.970. The van der Waals surface area contributed by atoms with Crippen molar-refractivity contribution in [2.24, 2.45) is 0 Å². The number of alkyl halides is 1. The minimum Gasteiger partial charge on any atom is -0.341 e. The number of hydrogen-bond acceptors (Lipinski definition) is 1. The molecule has 0 heterocycles. The molecular formula is C10H10BrF2NO. The maximum atomic E-state index is 13.2. The molecule has 0 bridgehead atoms. The van der Waals surface area contributed by atoms with Crippen LogP contribution in [0.5, 0.6) is 0 Å². The Bertz CT molecular complexity index is 370. The molecule has 0 aliphatic heterocycles. The zero-order chi connectivity index (χ0) is 11.4. The van der Waals surface area contributed by atoms with Gasteiger partial charge in [-0.2, -0.15) is 0 Å². The fourth-order valence-electron chi connectivity index (χ4n) is 1.10. The molecule has 0 saturated carbocycles. The third kappa shape index (κ3) is 2.99. The van der Waals surface area contributed by atoms with Gasteiger partial charge in [-0.3, -0.25) is 4.79 Å². The van der Waals surface area contributed by atoms with Crippen LogP contribution in [0, 0.1) is 11.6 Å². The zero-order valence-electron chi connectivity index (χ0n) is 8.14. The molecule has 0 aliphatic rings. The second-order valence-corrected chi connectivity index (χ2v) is 3.83. The fourth-order valence-corrected chi connectivity index (χ4v) is 1.63. The van der Waals surface area contributed by atoms with Crippen LogP contribution in [0.15, 0.2) is 18.2 Å². The first kappa shape index (κ1) is 12.1. The topological polar surface area (TPSA) is 20.3 Å². The maximum absolute atomic E-state index is 13.2. The molecule has 1 aromatic carbocycles. The summed E-state index contributed by atoms with van der Waals surface area (Å²) in [7, 11) is 1.54. The molecule has 2 nitrogen and oxygen atoms in total. The molecular weight excluding hydrogens is 268 g/mol. The Morgan fingerprint density at radius 3 is 2.73 bits per heavy atom. The minimum atomic E-state index is -0.706. The summed E-state index contributed by atoms with van der Waals surface area (Å²) in [5.74, 6) is -1.85. The lowest BCUT2D eigenvalue weighted by Crippen LogP contribution is -2.29. The van der Waals surface area contributed by atoms with Gasteiger partial charge in [0.15, 0.2) is 0 Å². The van der Waals surface area contributed by atoms with E-state index in [1.165, 1.54) is 11.9 Å². The standard InChI is InChI=1S/C10H10BrF2NO/c1-14(5-4-11)10(15)8-6-7(12)2-3-9(8)13/h2-3,6H,4-5H2,1H3. The number of hydrogen-bond donors (Lipinski definition) is 0. The Balaban J connectivity index is 2.95. The van der Waals surface area contributed by atoms with Crippen LogP contribution in [0.2, 0.25) is 0 Å². The normalized spacial score (nSPS) is 10.1. The molecule has 0 saturated heterocycles. The van der Waals surface area contributed by atoms with E-state index < -0.39 is 17.5 Å². The van der Waals surface area contributed by atoms with Crippen LogP contribution in [0.4, 0.5) is 8.78 Å². The lowest BCUT2D eigenvalue weighted by Gasteiger charge is -2.15. The van der Waals surface area contributed by atoms with E-state index in [4.69, 9.17) is 0 Å². The van der Waals surface area contributed by atoms with Gasteiger partial charge in [-0.05, 0) is 18.2 Å². The van der Waals surface area contributed by atoms with Gasteiger partial charge in [-0.15, -0.1) is 0 Å². The molecule has 82 valence electrons. The molecule has 0 N–H and O–H groups in total. The Kier molecular flexibility index (Phi) is 4.20. The molecule has 15 heavy (non-hydrogen) atoms. The third-order valence-electron chi connectivity index (χ3n) is 1.93. The molecule has 1 rings (SSSR count). The van der Waals surface area contributed by atoms with Gasteiger partial charge in [0.25, 0.3) is 5.91 Å². The fraction of sp³-hybridized carbons (Fsp3) is 0.300. The van der Waals surface area contributed by atoms with Crippen molar-refractivity contribution in [2.45, 2.75) is 0 Å². The van der Waals surface area contributed by atoms with Crippen molar-refractivity contribution in [3.8, 4) is 0 Å². The van der Waals surface area contributed by atoms with Crippen LogP contribution in [0.1, 0.15) is 10.4 Å². The quantitative estimate of drug-likeness (QED) is 0.778. The van der Waals surface area contributed by atoms with Crippen molar-refractivity contribution in [3.05, 3.63) is 35.4 Å². The predicted octanol–water partition coefficient (Wildman–Crippen LogP) is 2.43. The van der Waals surface area contributed by atoms with Gasteiger partial charge in [0, 0.05) is 18.9 Å². The number of nitrogens with zero attached hydrogens (tertiary/aromatic N) is 1.